The first kappa shape index (κ1) is 15.4. The molecule has 0 spiro atoms. The van der Waals surface area contributed by atoms with E-state index in [-0.39, 0.29) is 5.91 Å². The van der Waals surface area contributed by atoms with E-state index < -0.39 is 6.17 Å². The first-order chi connectivity index (χ1) is 12.7. The maximum Gasteiger partial charge on any atom is 0.262 e. The van der Waals surface area contributed by atoms with Gasteiger partial charge in [-0.05, 0) is 36.2 Å². The molecule has 0 bridgehead atoms. The lowest BCUT2D eigenvalue weighted by Gasteiger charge is -2.15. The summed E-state index contributed by atoms with van der Waals surface area (Å²) >= 11 is 1.28. The molecular weight excluding hydrogens is 357 g/mol. The average molecular weight is 371 g/mol. The summed E-state index contributed by atoms with van der Waals surface area (Å²) in [6.07, 6.45) is 3.06. The van der Waals surface area contributed by atoms with Crippen molar-refractivity contribution in [3.63, 3.8) is 0 Å². The van der Waals surface area contributed by atoms with Gasteiger partial charge >= 0.3 is 0 Å². The third-order valence-corrected chi connectivity index (χ3v) is 5.36. The van der Waals surface area contributed by atoms with Crippen molar-refractivity contribution in [1.29, 1.82) is 0 Å². The van der Waals surface area contributed by atoms with Gasteiger partial charge in [0.1, 0.15) is 11.2 Å². The van der Waals surface area contributed by atoms with Crippen LogP contribution in [0.5, 0.6) is 0 Å². The number of fused-ring (bicyclic) bond motifs is 1. The van der Waals surface area contributed by atoms with Crippen LogP contribution in [0.3, 0.4) is 0 Å². The van der Waals surface area contributed by atoms with Crippen molar-refractivity contribution in [3.8, 4) is 5.82 Å². The van der Waals surface area contributed by atoms with Crippen LogP contribution in [0, 0.1) is 0 Å². The molecule has 1 amide bonds. The van der Waals surface area contributed by atoms with E-state index in [1.807, 2.05) is 11.0 Å². The van der Waals surface area contributed by atoms with Gasteiger partial charge in [-0.15, -0.1) is 10.2 Å². The zero-order valence-corrected chi connectivity index (χ0v) is 14.4. The summed E-state index contributed by atoms with van der Waals surface area (Å²) in [6, 6.07) is 5.40. The number of halogens is 1. The maximum absolute atomic E-state index is 13.3. The van der Waals surface area contributed by atoms with Crippen LogP contribution in [0.4, 0.5) is 15.2 Å². The Morgan fingerprint density at radius 1 is 1.19 bits per heavy atom. The molecule has 5 heterocycles. The fraction of sp³-hybridized carbons (Fsp3) is 0.312. The minimum absolute atomic E-state index is 0.0915. The lowest BCUT2D eigenvalue weighted by Crippen LogP contribution is -2.23. The van der Waals surface area contributed by atoms with Gasteiger partial charge in [0.15, 0.2) is 11.6 Å². The second-order valence-electron chi connectivity index (χ2n) is 6.26. The molecule has 2 aliphatic rings. The Balaban J connectivity index is 1.37. The molecule has 3 aromatic rings. The summed E-state index contributed by atoms with van der Waals surface area (Å²) in [6.45, 7) is 1.42. The molecule has 1 saturated heterocycles. The molecule has 3 aromatic heterocycles. The van der Waals surface area contributed by atoms with Crippen LogP contribution in [-0.2, 0) is 6.54 Å². The topological polar surface area (TPSA) is 80.0 Å². The highest BCUT2D eigenvalue weighted by Gasteiger charge is 2.33. The number of nitrogens with zero attached hydrogens (tertiary/aromatic N) is 7. The van der Waals surface area contributed by atoms with Gasteiger partial charge in [0, 0.05) is 18.9 Å². The second kappa shape index (κ2) is 5.84. The number of carbonyl (C=O) groups excluding carboxylic acids is 1. The van der Waals surface area contributed by atoms with Crippen molar-refractivity contribution in [2.45, 2.75) is 19.1 Å². The molecule has 2 aliphatic heterocycles. The Morgan fingerprint density at radius 3 is 2.69 bits per heavy atom. The van der Waals surface area contributed by atoms with Crippen LogP contribution in [0.1, 0.15) is 22.5 Å². The van der Waals surface area contributed by atoms with Crippen LogP contribution in [0.15, 0.2) is 30.6 Å². The van der Waals surface area contributed by atoms with Crippen molar-refractivity contribution in [3.05, 3.63) is 41.9 Å². The van der Waals surface area contributed by atoms with Crippen molar-refractivity contribution >= 4 is 28.3 Å². The van der Waals surface area contributed by atoms with E-state index in [0.717, 1.165) is 5.00 Å². The summed E-state index contributed by atoms with van der Waals surface area (Å²) in [5.41, 5.74) is 1.26. The zero-order valence-electron chi connectivity index (χ0n) is 13.6. The molecule has 1 fully saturated rings. The molecular formula is C16H14FN7OS. The fourth-order valence-corrected chi connectivity index (χ4v) is 3.85. The molecule has 0 N–H and O–H groups in total. The normalized spacial score (nSPS) is 19.4. The van der Waals surface area contributed by atoms with Gasteiger partial charge in [-0.2, -0.15) is 9.47 Å². The highest BCUT2D eigenvalue weighted by atomic mass is 32.1. The molecule has 5 rings (SSSR count). The van der Waals surface area contributed by atoms with Crippen molar-refractivity contribution in [1.82, 2.24) is 24.4 Å². The highest BCUT2D eigenvalue weighted by molar-refractivity contribution is 7.10. The summed E-state index contributed by atoms with van der Waals surface area (Å²) in [4.78, 5) is 16.1. The molecule has 26 heavy (non-hydrogen) atoms. The molecule has 0 aliphatic carbocycles. The summed E-state index contributed by atoms with van der Waals surface area (Å²) in [5, 5.41) is 13.6. The third-order valence-electron chi connectivity index (χ3n) is 4.59. The minimum Gasteiger partial charge on any atom is -0.352 e. The predicted molar refractivity (Wildman–Crippen MR) is 93.5 cm³/mol. The standard InChI is InChI=1S/C16H14FN7OS/c17-10-4-6-22(7-10)13-1-2-14(20-19-13)24-8-11-12(21-24)9-23(16(11)25)15-3-5-18-26-15/h1-3,5,8,10H,4,6-7,9H2/t10-/m1/s1. The average Bonchev–Trinajstić information content (AvgIpc) is 3.41. The predicted octanol–water partition coefficient (Wildman–Crippen LogP) is 1.83. The molecule has 1 atom stereocenters. The highest BCUT2D eigenvalue weighted by Crippen LogP contribution is 2.30. The molecule has 0 saturated carbocycles. The van der Waals surface area contributed by atoms with E-state index in [9.17, 15) is 9.18 Å². The monoisotopic (exact) mass is 371 g/mol. The van der Waals surface area contributed by atoms with E-state index in [4.69, 9.17) is 0 Å². The summed E-state index contributed by atoms with van der Waals surface area (Å²) in [7, 11) is 0. The Hall–Kier alpha value is -2.88. The Morgan fingerprint density at radius 2 is 2.04 bits per heavy atom. The number of hydrogen-bond acceptors (Lipinski definition) is 7. The van der Waals surface area contributed by atoms with Gasteiger partial charge in [0.05, 0.1) is 24.3 Å². The molecule has 0 aromatic carbocycles. The number of alkyl halides is 1. The van der Waals surface area contributed by atoms with Crippen LogP contribution in [0.25, 0.3) is 5.82 Å². The van der Waals surface area contributed by atoms with E-state index in [1.54, 1.807) is 34.1 Å². The van der Waals surface area contributed by atoms with Crippen LogP contribution in [0.2, 0.25) is 0 Å². The Labute approximate surface area is 152 Å². The van der Waals surface area contributed by atoms with Crippen molar-refractivity contribution < 1.29 is 9.18 Å². The Kier molecular flexibility index (Phi) is 3.45. The zero-order chi connectivity index (χ0) is 17.7. The van der Waals surface area contributed by atoms with E-state index >= 15 is 0 Å². The van der Waals surface area contributed by atoms with E-state index in [2.05, 4.69) is 19.7 Å². The molecule has 0 unspecified atom stereocenters. The van der Waals surface area contributed by atoms with Crippen molar-refractivity contribution in [2.75, 3.05) is 22.9 Å². The van der Waals surface area contributed by atoms with Gasteiger partial charge < -0.3 is 4.90 Å². The van der Waals surface area contributed by atoms with Crippen molar-refractivity contribution in [2.24, 2.45) is 0 Å². The van der Waals surface area contributed by atoms with E-state index in [1.165, 1.54) is 11.5 Å². The largest absolute Gasteiger partial charge is 0.352 e. The van der Waals surface area contributed by atoms with Gasteiger partial charge in [0.2, 0.25) is 0 Å². The van der Waals surface area contributed by atoms with Gasteiger partial charge in [-0.1, -0.05) is 0 Å². The Bertz CT molecular complexity index is 956. The second-order valence-corrected chi connectivity index (χ2v) is 7.07. The minimum atomic E-state index is -0.807. The molecule has 132 valence electrons. The third kappa shape index (κ3) is 2.45. The van der Waals surface area contributed by atoms with Crippen LogP contribution in [-0.4, -0.2) is 49.5 Å². The molecule has 10 heteroatoms. The number of aromatic nitrogens is 5. The van der Waals surface area contributed by atoms with Gasteiger partial charge in [-0.25, -0.2) is 9.07 Å². The van der Waals surface area contributed by atoms with Gasteiger partial charge in [-0.3, -0.25) is 9.69 Å². The fourth-order valence-electron chi connectivity index (χ4n) is 3.25. The lowest BCUT2D eigenvalue weighted by atomic mass is 10.3. The number of anilines is 2. The molecule has 8 nitrogen and oxygen atoms in total. The number of hydrogen-bond donors (Lipinski definition) is 0. The maximum atomic E-state index is 13.3. The number of amides is 1. The van der Waals surface area contributed by atoms with E-state index in [0.29, 0.717) is 48.9 Å². The van der Waals surface area contributed by atoms with Crippen LogP contribution < -0.4 is 9.80 Å². The van der Waals surface area contributed by atoms with Crippen LogP contribution >= 0.6 is 11.5 Å². The first-order valence-electron chi connectivity index (χ1n) is 8.23. The lowest BCUT2D eigenvalue weighted by molar-refractivity contribution is 0.0997. The van der Waals surface area contributed by atoms with Gasteiger partial charge in [0.25, 0.3) is 5.91 Å². The molecule has 0 radical (unpaired) electrons. The summed E-state index contributed by atoms with van der Waals surface area (Å²) < 4.78 is 18.9. The number of carbonyl (C=O) groups is 1. The first-order valence-corrected chi connectivity index (χ1v) is 9.00. The SMILES string of the molecule is O=C1c2cn(-c3ccc(N4CC[C@@H](F)C4)nn3)nc2CN1c1ccns1. The quantitative estimate of drug-likeness (QED) is 0.699. The smallest absolute Gasteiger partial charge is 0.262 e. The summed E-state index contributed by atoms with van der Waals surface area (Å²) in [5.74, 6) is 1.09. The number of rotatable bonds is 3.